The van der Waals surface area contributed by atoms with E-state index in [1.807, 2.05) is 36.4 Å². The zero-order valence-corrected chi connectivity index (χ0v) is 13.0. The number of furan rings is 1. The van der Waals surface area contributed by atoms with Crippen molar-refractivity contribution in [1.29, 1.82) is 0 Å². The van der Waals surface area contributed by atoms with Crippen LogP contribution in [0.1, 0.15) is 43.0 Å². The molecule has 1 atom stereocenters. The largest absolute Gasteiger partial charge is 0.467 e. The van der Waals surface area contributed by atoms with E-state index in [9.17, 15) is 9.90 Å². The zero-order chi connectivity index (χ0) is 16.1. The highest BCUT2D eigenvalue weighted by Crippen LogP contribution is 2.29. The number of benzene rings is 1. The Morgan fingerprint density at radius 1 is 1.17 bits per heavy atom. The first kappa shape index (κ1) is 15.6. The maximum atomic E-state index is 12.5. The van der Waals surface area contributed by atoms with Crippen molar-refractivity contribution >= 4 is 6.03 Å². The molecule has 0 bridgehead atoms. The first-order valence-corrected chi connectivity index (χ1v) is 8.00. The summed E-state index contributed by atoms with van der Waals surface area (Å²) in [6, 6.07) is 12.7. The summed E-state index contributed by atoms with van der Waals surface area (Å²) >= 11 is 0. The first-order chi connectivity index (χ1) is 11.2. The van der Waals surface area contributed by atoms with Crippen LogP contribution >= 0.6 is 0 Å². The van der Waals surface area contributed by atoms with Crippen LogP contribution in [0.2, 0.25) is 0 Å². The van der Waals surface area contributed by atoms with Gasteiger partial charge in [-0.05, 0) is 30.5 Å². The molecule has 23 heavy (non-hydrogen) atoms. The van der Waals surface area contributed by atoms with Crippen LogP contribution < -0.4 is 10.6 Å². The molecule has 2 aromatic rings. The van der Waals surface area contributed by atoms with E-state index in [1.54, 1.807) is 12.3 Å². The summed E-state index contributed by atoms with van der Waals surface area (Å²) in [5, 5.41) is 15.6. The minimum absolute atomic E-state index is 0.0306. The summed E-state index contributed by atoms with van der Waals surface area (Å²) in [5.41, 5.74) is 0.455. The number of nitrogens with one attached hydrogen (secondary N) is 2. The number of hydrogen-bond acceptors (Lipinski definition) is 3. The maximum Gasteiger partial charge on any atom is 0.316 e. The second-order valence-corrected chi connectivity index (χ2v) is 6.10. The summed E-state index contributed by atoms with van der Waals surface area (Å²) in [7, 11) is 0. The molecule has 3 rings (SSSR count). The van der Waals surface area contributed by atoms with Gasteiger partial charge in [0.05, 0.1) is 18.4 Å². The number of rotatable bonds is 5. The minimum Gasteiger partial charge on any atom is -0.467 e. The van der Waals surface area contributed by atoms with Crippen molar-refractivity contribution in [3.63, 3.8) is 0 Å². The summed E-state index contributed by atoms with van der Waals surface area (Å²) in [6.45, 7) is -0.0306. The number of hydrogen-bond donors (Lipinski definition) is 3. The van der Waals surface area contributed by atoms with Gasteiger partial charge in [0.2, 0.25) is 0 Å². The lowest BCUT2D eigenvalue weighted by atomic mass is 9.99. The molecule has 5 nitrogen and oxygen atoms in total. The van der Waals surface area contributed by atoms with E-state index < -0.39 is 5.54 Å². The van der Waals surface area contributed by atoms with Crippen molar-refractivity contribution in [2.75, 3.05) is 6.61 Å². The Balaban J connectivity index is 1.75. The Bertz CT molecular complexity index is 619. The zero-order valence-electron chi connectivity index (χ0n) is 13.0. The summed E-state index contributed by atoms with van der Waals surface area (Å²) in [5.74, 6) is 0.677. The van der Waals surface area contributed by atoms with E-state index in [4.69, 9.17) is 4.42 Å². The van der Waals surface area contributed by atoms with Gasteiger partial charge < -0.3 is 20.2 Å². The van der Waals surface area contributed by atoms with Crippen molar-refractivity contribution in [1.82, 2.24) is 10.6 Å². The predicted octanol–water partition coefficient (Wildman–Crippen LogP) is 2.97. The van der Waals surface area contributed by atoms with Crippen LogP contribution in [0.25, 0.3) is 0 Å². The van der Waals surface area contributed by atoms with Crippen LogP contribution in [-0.2, 0) is 0 Å². The fourth-order valence-corrected chi connectivity index (χ4v) is 3.20. The molecule has 1 aromatic carbocycles. The van der Waals surface area contributed by atoms with Crippen LogP contribution in [0.4, 0.5) is 4.79 Å². The first-order valence-electron chi connectivity index (χ1n) is 8.00. The van der Waals surface area contributed by atoms with E-state index in [-0.39, 0.29) is 18.7 Å². The van der Waals surface area contributed by atoms with Crippen molar-refractivity contribution in [3.8, 4) is 0 Å². The minimum atomic E-state index is -0.492. The third-order valence-corrected chi connectivity index (χ3v) is 4.48. The average Bonchev–Trinajstić information content (AvgIpc) is 3.26. The quantitative estimate of drug-likeness (QED) is 0.794. The topological polar surface area (TPSA) is 74.5 Å². The molecule has 1 fully saturated rings. The fourth-order valence-electron chi connectivity index (χ4n) is 3.20. The number of aliphatic hydroxyl groups is 1. The van der Waals surface area contributed by atoms with Gasteiger partial charge in [0.25, 0.3) is 0 Å². The number of amides is 2. The Morgan fingerprint density at radius 3 is 2.52 bits per heavy atom. The van der Waals surface area contributed by atoms with Crippen molar-refractivity contribution in [2.24, 2.45) is 0 Å². The summed E-state index contributed by atoms with van der Waals surface area (Å²) in [6.07, 6.45) is 5.28. The average molecular weight is 314 g/mol. The van der Waals surface area contributed by atoms with Gasteiger partial charge in [0, 0.05) is 0 Å². The van der Waals surface area contributed by atoms with E-state index in [2.05, 4.69) is 10.6 Å². The lowest BCUT2D eigenvalue weighted by Gasteiger charge is -2.29. The molecule has 1 aliphatic rings. The molecule has 0 saturated heterocycles. The van der Waals surface area contributed by atoms with Crippen LogP contribution in [0.5, 0.6) is 0 Å². The highest BCUT2D eigenvalue weighted by Gasteiger charge is 2.35. The predicted molar refractivity (Wildman–Crippen MR) is 86.9 cm³/mol. The van der Waals surface area contributed by atoms with E-state index in [1.165, 1.54) is 0 Å². The molecule has 1 unspecified atom stereocenters. The van der Waals surface area contributed by atoms with Crippen LogP contribution in [0.15, 0.2) is 53.1 Å². The SMILES string of the molecule is O=C(NC(c1ccccc1)c1ccco1)NC1(CO)CCCC1. The molecule has 0 spiro atoms. The molecule has 1 aliphatic carbocycles. The van der Waals surface area contributed by atoms with Crippen LogP contribution in [0, 0.1) is 0 Å². The van der Waals surface area contributed by atoms with E-state index in [0.29, 0.717) is 5.76 Å². The third-order valence-electron chi connectivity index (χ3n) is 4.48. The molecule has 3 N–H and O–H groups in total. The van der Waals surface area contributed by atoms with Gasteiger partial charge >= 0.3 is 6.03 Å². The lowest BCUT2D eigenvalue weighted by Crippen LogP contribution is -2.53. The Hall–Kier alpha value is -2.27. The summed E-state index contributed by atoms with van der Waals surface area (Å²) in [4.78, 5) is 12.5. The summed E-state index contributed by atoms with van der Waals surface area (Å²) < 4.78 is 5.48. The van der Waals surface area contributed by atoms with Gasteiger partial charge in [-0.3, -0.25) is 0 Å². The van der Waals surface area contributed by atoms with Crippen LogP contribution in [0.3, 0.4) is 0 Å². The van der Waals surface area contributed by atoms with Crippen molar-refractivity contribution in [3.05, 3.63) is 60.1 Å². The van der Waals surface area contributed by atoms with E-state index >= 15 is 0 Å². The van der Waals surface area contributed by atoms with Crippen LogP contribution in [-0.4, -0.2) is 23.3 Å². The Morgan fingerprint density at radius 2 is 1.91 bits per heavy atom. The van der Waals surface area contributed by atoms with Crippen molar-refractivity contribution < 1.29 is 14.3 Å². The smallest absolute Gasteiger partial charge is 0.316 e. The normalized spacial score (nSPS) is 17.6. The van der Waals surface area contributed by atoms with Gasteiger partial charge in [0.15, 0.2) is 0 Å². The standard InChI is InChI=1S/C18H22N2O3/c21-13-18(10-4-5-11-18)20-17(22)19-16(15-9-6-12-23-15)14-7-2-1-3-8-14/h1-3,6-9,12,16,21H,4-5,10-11,13H2,(H2,19,20,22). The molecule has 2 amide bonds. The van der Waals surface area contributed by atoms with Gasteiger partial charge in [-0.1, -0.05) is 43.2 Å². The molecule has 5 heteroatoms. The Kier molecular flexibility index (Phi) is 4.67. The van der Waals surface area contributed by atoms with Gasteiger partial charge in [-0.25, -0.2) is 4.79 Å². The lowest BCUT2D eigenvalue weighted by molar-refractivity contribution is 0.161. The Labute approximate surface area is 135 Å². The number of carbonyl (C=O) groups excluding carboxylic acids is 1. The molecule has 1 heterocycles. The highest BCUT2D eigenvalue weighted by atomic mass is 16.3. The molecule has 122 valence electrons. The second-order valence-electron chi connectivity index (χ2n) is 6.10. The van der Waals surface area contributed by atoms with Gasteiger partial charge in [0.1, 0.15) is 11.8 Å². The molecule has 1 saturated carbocycles. The van der Waals surface area contributed by atoms with Gasteiger partial charge in [-0.15, -0.1) is 0 Å². The van der Waals surface area contributed by atoms with E-state index in [0.717, 1.165) is 31.2 Å². The maximum absolute atomic E-state index is 12.5. The molecular weight excluding hydrogens is 292 g/mol. The molecule has 0 aliphatic heterocycles. The monoisotopic (exact) mass is 314 g/mol. The molecule has 0 radical (unpaired) electrons. The number of urea groups is 1. The number of carbonyl (C=O) groups is 1. The second kappa shape index (κ2) is 6.87. The molecular formula is C18H22N2O3. The van der Waals surface area contributed by atoms with Gasteiger partial charge in [-0.2, -0.15) is 0 Å². The highest BCUT2D eigenvalue weighted by molar-refractivity contribution is 5.76. The third kappa shape index (κ3) is 3.56. The van der Waals surface area contributed by atoms with Crippen molar-refractivity contribution in [2.45, 2.75) is 37.3 Å². The fraction of sp³-hybridized carbons (Fsp3) is 0.389. The molecule has 1 aromatic heterocycles. The number of aliphatic hydroxyl groups excluding tert-OH is 1.